The van der Waals surface area contributed by atoms with Crippen LogP contribution in [-0.4, -0.2) is 79.0 Å². The van der Waals surface area contributed by atoms with Crippen molar-refractivity contribution >= 4 is 56.9 Å². The predicted molar refractivity (Wildman–Crippen MR) is 143 cm³/mol. The van der Waals surface area contributed by atoms with Crippen LogP contribution in [0.15, 0.2) is 71.6 Å². The van der Waals surface area contributed by atoms with Gasteiger partial charge >= 0.3 is 5.97 Å². The van der Waals surface area contributed by atoms with Gasteiger partial charge in [-0.05, 0) is 42.1 Å². The van der Waals surface area contributed by atoms with Crippen molar-refractivity contribution in [2.24, 2.45) is 0 Å². The molecule has 0 saturated carbocycles. The number of carbonyl (C=O) groups is 3. The molecule has 0 spiro atoms. The zero-order chi connectivity index (χ0) is 26.9. The first-order valence-corrected chi connectivity index (χ1v) is 13.5. The number of likely N-dealkylation sites (N-methyl/N-ethyl adjacent to an activating group) is 2. The molecular weight excluding hydrogens is 514 g/mol. The fraction of sp³-hybridized carbons (Fsp3) is 0.269. The molecule has 3 aromatic carbocycles. The van der Waals surface area contributed by atoms with Crippen molar-refractivity contribution in [3.63, 3.8) is 0 Å². The second kappa shape index (κ2) is 10.5. The first-order valence-electron chi connectivity index (χ1n) is 11.5. The maximum absolute atomic E-state index is 13.7. The lowest BCUT2D eigenvalue weighted by molar-refractivity contribution is -0.136. The molecule has 1 heterocycles. The van der Waals surface area contributed by atoms with Crippen LogP contribution in [0.2, 0.25) is 0 Å². The Balaban J connectivity index is 1.53. The molecule has 2 atom stereocenters. The van der Waals surface area contributed by atoms with E-state index < -0.39 is 33.8 Å². The topological polar surface area (TPSA) is 115 Å². The lowest BCUT2D eigenvalue weighted by atomic mass is 10.1. The highest BCUT2D eigenvalue weighted by Crippen LogP contribution is 2.33. The summed E-state index contributed by atoms with van der Waals surface area (Å²) in [6.45, 7) is -0.214. The van der Waals surface area contributed by atoms with Crippen LogP contribution in [0.25, 0.3) is 10.8 Å². The van der Waals surface area contributed by atoms with Crippen LogP contribution in [-0.2, 0) is 19.6 Å². The highest BCUT2D eigenvalue weighted by molar-refractivity contribution is 7.89. The van der Waals surface area contributed by atoms with Gasteiger partial charge in [-0.25, -0.2) is 13.2 Å². The Labute approximate surface area is 220 Å². The summed E-state index contributed by atoms with van der Waals surface area (Å²) in [7, 11) is -1.06. The number of benzene rings is 3. The molecule has 1 aliphatic rings. The smallest absolute Gasteiger partial charge is 0.335 e. The molecule has 1 N–H and O–H groups in total. The number of carbonyl (C=O) groups excluding carboxylic acids is 2. The molecule has 1 fully saturated rings. The van der Waals surface area contributed by atoms with Crippen molar-refractivity contribution in [2.45, 2.75) is 22.6 Å². The Bertz CT molecular complexity index is 1450. The fourth-order valence-corrected chi connectivity index (χ4v) is 6.77. The Morgan fingerprint density at radius 1 is 1.00 bits per heavy atom. The number of amides is 2. The minimum absolute atomic E-state index is 0.0721. The molecule has 1 saturated heterocycles. The van der Waals surface area contributed by atoms with Crippen LogP contribution in [0.3, 0.4) is 0 Å². The number of aromatic carboxylic acids is 1. The summed E-state index contributed by atoms with van der Waals surface area (Å²) in [5.74, 6) is -1.99. The van der Waals surface area contributed by atoms with E-state index in [4.69, 9.17) is 5.11 Å². The van der Waals surface area contributed by atoms with Crippen molar-refractivity contribution in [1.29, 1.82) is 0 Å². The maximum atomic E-state index is 13.7. The monoisotopic (exact) mass is 541 g/mol. The zero-order valence-corrected chi connectivity index (χ0v) is 22.0. The third-order valence-electron chi connectivity index (χ3n) is 6.48. The summed E-state index contributed by atoms with van der Waals surface area (Å²) in [6, 6.07) is 17.0. The van der Waals surface area contributed by atoms with E-state index in [-0.39, 0.29) is 35.2 Å². The summed E-state index contributed by atoms with van der Waals surface area (Å²) in [5, 5.41) is 10.1. The number of anilines is 1. The standard InChI is InChI=1S/C26H27N3O6S2/c1-27(16-24(30)28(2)19-12-10-18(11-13-19)26(32)33)25(31)22-14-20(36)15-29(22)37(34,35)23-9-5-7-17-6-3-4-8-21(17)23/h3-13,20,22,36H,14-16H2,1-2H3,(H,32,33). The molecule has 0 bridgehead atoms. The number of carboxylic acid groups (broad SMARTS) is 1. The Kier molecular flexibility index (Phi) is 7.58. The number of nitrogens with zero attached hydrogens (tertiary/aromatic N) is 3. The van der Waals surface area contributed by atoms with Crippen LogP contribution < -0.4 is 4.90 Å². The summed E-state index contributed by atoms with van der Waals surface area (Å²) >= 11 is 4.47. The van der Waals surface area contributed by atoms with Crippen molar-refractivity contribution in [3.8, 4) is 0 Å². The number of carboxylic acids is 1. The fourth-order valence-electron chi connectivity index (χ4n) is 4.43. The van der Waals surface area contributed by atoms with Crippen LogP contribution in [0.5, 0.6) is 0 Å². The van der Waals surface area contributed by atoms with Crippen molar-refractivity contribution in [3.05, 3.63) is 72.3 Å². The quantitative estimate of drug-likeness (QED) is 0.445. The average molecular weight is 542 g/mol. The molecule has 2 amide bonds. The number of hydrogen-bond acceptors (Lipinski definition) is 6. The van der Waals surface area contributed by atoms with E-state index in [0.717, 1.165) is 5.39 Å². The minimum Gasteiger partial charge on any atom is -0.478 e. The molecule has 194 valence electrons. The molecule has 9 nitrogen and oxygen atoms in total. The van der Waals surface area contributed by atoms with Gasteiger partial charge < -0.3 is 14.9 Å². The van der Waals surface area contributed by atoms with E-state index in [2.05, 4.69) is 12.6 Å². The Morgan fingerprint density at radius 3 is 2.32 bits per heavy atom. The molecule has 4 rings (SSSR count). The van der Waals surface area contributed by atoms with Gasteiger partial charge in [-0.2, -0.15) is 16.9 Å². The predicted octanol–water partition coefficient (Wildman–Crippen LogP) is 2.72. The minimum atomic E-state index is -4.03. The molecule has 37 heavy (non-hydrogen) atoms. The lowest BCUT2D eigenvalue weighted by Gasteiger charge is -2.28. The molecule has 0 aliphatic carbocycles. The first kappa shape index (κ1) is 26.6. The molecular formula is C26H27N3O6S2. The summed E-state index contributed by atoms with van der Waals surface area (Å²) < 4.78 is 28.6. The zero-order valence-electron chi connectivity index (χ0n) is 20.3. The number of rotatable bonds is 7. The van der Waals surface area contributed by atoms with E-state index in [1.807, 2.05) is 18.2 Å². The van der Waals surface area contributed by atoms with Gasteiger partial charge in [-0.1, -0.05) is 36.4 Å². The van der Waals surface area contributed by atoms with Gasteiger partial charge in [0.2, 0.25) is 21.8 Å². The van der Waals surface area contributed by atoms with Gasteiger partial charge in [0.25, 0.3) is 0 Å². The number of fused-ring (bicyclic) bond motifs is 1. The van der Waals surface area contributed by atoms with Crippen LogP contribution in [0, 0.1) is 0 Å². The third-order valence-corrected chi connectivity index (χ3v) is 8.79. The van der Waals surface area contributed by atoms with Crippen LogP contribution in [0.4, 0.5) is 5.69 Å². The van der Waals surface area contributed by atoms with Gasteiger partial charge in [0, 0.05) is 37.0 Å². The molecule has 0 radical (unpaired) electrons. The van der Waals surface area contributed by atoms with E-state index >= 15 is 0 Å². The lowest BCUT2D eigenvalue weighted by Crippen LogP contribution is -2.49. The van der Waals surface area contributed by atoms with E-state index in [0.29, 0.717) is 11.1 Å². The second-order valence-corrected chi connectivity index (χ2v) is 11.5. The summed E-state index contributed by atoms with van der Waals surface area (Å²) in [4.78, 5) is 40.0. The normalized spacial score (nSPS) is 18.0. The molecule has 11 heteroatoms. The van der Waals surface area contributed by atoms with Crippen LogP contribution in [0.1, 0.15) is 16.8 Å². The van der Waals surface area contributed by atoms with Gasteiger partial charge in [0.05, 0.1) is 17.0 Å². The molecule has 2 unspecified atom stereocenters. The maximum Gasteiger partial charge on any atom is 0.335 e. The summed E-state index contributed by atoms with van der Waals surface area (Å²) in [6.07, 6.45) is 0.219. The molecule has 3 aromatic rings. The van der Waals surface area contributed by atoms with Crippen molar-refractivity contribution < 1.29 is 27.9 Å². The SMILES string of the molecule is CN(CC(=O)N(C)c1ccc(C(=O)O)cc1)C(=O)C1CC(S)CN1S(=O)(=O)c1cccc2ccccc12. The van der Waals surface area contributed by atoms with E-state index in [9.17, 15) is 22.8 Å². The Hall–Kier alpha value is -3.41. The molecule has 0 aromatic heterocycles. The largest absolute Gasteiger partial charge is 0.478 e. The van der Waals surface area contributed by atoms with Crippen molar-refractivity contribution in [1.82, 2.24) is 9.21 Å². The highest BCUT2D eigenvalue weighted by Gasteiger charge is 2.44. The Morgan fingerprint density at radius 2 is 1.65 bits per heavy atom. The highest BCUT2D eigenvalue weighted by atomic mass is 32.2. The number of sulfonamides is 1. The van der Waals surface area contributed by atoms with Gasteiger partial charge in [0.15, 0.2) is 0 Å². The van der Waals surface area contributed by atoms with Gasteiger partial charge in [-0.15, -0.1) is 0 Å². The number of hydrogen-bond donors (Lipinski definition) is 2. The summed E-state index contributed by atoms with van der Waals surface area (Å²) in [5.41, 5.74) is 0.555. The first-order chi connectivity index (χ1) is 17.5. The van der Waals surface area contributed by atoms with Gasteiger partial charge in [0.1, 0.15) is 6.04 Å². The van der Waals surface area contributed by atoms with Crippen molar-refractivity contribution in [2.75, 3.05) is 32.1 Å². The van der Waals surface area contributed by atoms with E-state index in [1.54, 1.807) is 18.2 Å². The molecule has 1 aliphatic heterocycles. The second-order valence-electron chi connectivity index (χ2n) is 8.96. The van der Waals surface area contributed by atoms with Gasteiger partial charge in [-0.3, -0.25) is 9.59 Å². The van der Waals surface area contributed by atoms with Crippen LogP contribution >= 0.6 is 12.6 Å². The van der Waals surface area contributed by atoms with E-state index in [1.165, 1.54) is 58.5 Å². The third kappa shape index (κ3) is 5.34. The number of thiol groups is 1. The average Bonchev–Trinajstić information content (AvgIpc) is 3.29.